The van der Waals surface area contributed by atoms with Crippen molar-refractivity contribution in [2.45, 2.75) is 51.1 Å². The van der Waals surface area contributed by atoms with Gasteiger partial charge in [0.1, 0.15) is 5.82 Å². The van der Waals surface area contributed by atoms with Crippen molar-refractivity contribution >= 4 is 44.8 Å². The minimum Gasteiger partial charge on any atom is -0.493 e. The minimum atomic E-state index is -0.589. The molecular formula is C33H35BrFN3O4. The lowest BCUT2D eigenvalue weighted by molar-refractivity contribution is -0.127. The zero-order valence-electron chi connectivity index (χ0n) is 24.1. The van der Waals surface area contributed by atoms with E-state index < -0.39 is 17.8 Å². The van der Waals surface area contributed by atoms with Crippen LogP contribution in [0.2, 0.25) is 0 Å². The van der Waals surface area contributed by atoms with Crippen molar-refractivity contribution in [1.82, 2.24) is 0 Å². The zero-order valence-corrected chi connectivity index (χ0v) is 25.7. The molecule has 0 N–H and O–H groups in total. The molecule has 220 valence electrons. The average molecular weight is 637 g/mol. The van der Waals surface area contributed by atoms with Crippen LogP contribution in [-0.2, 0) is 9.59 Å². The van der Waals surface area contributed by atoms with Gasteiger partial charge in [0.05, 0.1) is 42.0 Å². The number of methoxy groups -OCH3 is 2. The number of carbonyl (C=O) groups is 2. The summed E-state index contributed by atoms with van der Waals surface area (Å²) in [5.74, 6) is -0.0224. The Hall–Kier alpha value is -3.59. The molecular weight excluding hydrogens is 601 g/mol. The van der Waals surface area contributed by atoms with E-state index in [1.807, 2.05) is 49.4 Å². The number of hydrogen-bond acceptors (Lipinski definition) is 5. The molecule has 0 spiro atoms. The van der Waals surface area contributed by atoms with Gasteiger partial charge >= 0.3 is 0 Å². The average Bonchev–Trinajstić information content (AvgIpc) is 3.01. The van der Waals surface area contributed by atoms with Crippen molar-refractivity contribution in [1.29, 1.82) is 0 Å². The molecule has 42 heavy (non-hydrogen) atoms. The van der Waals surface area contributed by atoms with Gasteiger partial charge in [0, 0.05) is 37.3 Å². The number of rotatable bonds is 5. The molecule has 3 aromatic rings. The van der Waals surface area contributed by atoms with E-state index in [1.54, 1.807) is 30.1 Å². The number of nitrogens with zero attached hydrogens (tertiary/aromatic N) is 3. The van der Waals surface area contributed by atoms with E-state index in [1.165, 1.54) is 6.07 Å². The number of amides is 2. The molecule has 0 radical (unpaired) electrons. The highest BCUT2D eigenvalue weighted by Gasteiger charge is 2.46. The van der Waals surface area contributed by atoms with Gasteiger partial charge in [0.15, 0.2) is 11.5 Å². The van der Waals surface area contributed by atoms with E-state index in [0.29, 0.717) is 34.6 Å². The van der Waals surface area contributed by atoms with Crippen LogP contribution in [0.5, 0.6) is 11.5 Å². The van der Waals surface area contributed by atoms with E-state index in [4.69, 9.17) is 9.47 Å². The van der Waals surface area contributed by atoms with Crippen molar-refractivity contribution in [2.75, 3.05) is 42.0 Å². The highest BCUT2D eigenvalue weighted by Crippen LogP contribution is 2.46. The van der Waals surface area contributed by atoms with Gasteiger partial charge in [0.2, 0.25) is 11.8 Å². The number of piperidine rings is 2. The second-order valence-corrected chi connectivity index (χ2v) is 12.2. The smallest absolute Gasteiger partial charge is 0.232 e. The fourth-order valence-corrected chi connectivity index (χ4v) is 7.11. The maximum atomic E-state index is 15.0. The Morgan fingerprint density at radius 3 is 2.45 bits per heavy atom. The first kappa shape index (κ1) is 28.5. The van der Waals surface area contributed by atoms with E-state index >= 15 is 0 Å². The van der Waals surface area contributed by atoms with Crippen molar-refractivity contribution in [3.8, 4) is 11.5 Å². The van der Waals surface area contributed by atoms with Crippen molar-refractivity contribution in [3.63, 3.8) is 0 Å². The summed E-state index contributed by atoms with van der Waals surface area (Å²) in [5.41, 5.74) is 4.04. The summed E-state index contributed by atoms with van der Waals surface area (Å²) in [6.45, 7) is 3.37. The Bertz CT molecular complexity index is 1510. The Morgan fingerprint density at radius 2 is 1.71 bits per heavy atom. The Balaban J connectivity index is 1.47. The van der Waals surface area contributed by atoms with Crippen LogP contribution in [-0.4, -0.2) is 45.2 Å². The van der Waals surface area contributed by atoms with E-state index in [9.17, 15) is 14.0 Å². The molecule has 3 aliphatic rings. The molecule has 2 fully saturated rings. The zero-order chi connectivity index (χ0) is 29.5. The lowest BCUT2D eigenvalue weighted by atomic mass is 9.82. The summed E-state index contributed by atoms with van der Waals surface area (Å²) in [4.78, 5) is 34.3. The first-order chi connectivity index (χ1) is 20.3. The van der Waals surface area contributed by atoms with Gasteiger partial charge in [-0.05, 0) is 84.4 Å². The fourth-order valence-electron chi connectivity index (χ4n) is 6.78. The lowest BCUT2D eigenvalue weighted by Crippen LogP contribution is -2.56. The van der Waals surface area contributed by atoms with Crippen molar-refractivity contribution < 1.29 is 23.5 Å². The van der Waals surface area contributed by atoms with Crippen LogP contribution >= 0.6 is 15.9 Å². The summed E-state index contributed by atoms with van der Waals surface area (Å²) in [7, 11) is 3.15. The first-order valence-electron chi connectivity index (χ1n) is 14.5. The highest BCUT2D eigenvalue weighted by molar-refractivity contribution is 9.10. The van der Waals surface area contributed by atoms with Gasteiger partial charge in [-0.1, -0.05) is 23.8 Å². The molecule has 3 heterocycles. The largest absolute Gasteiger partial charge is 0.493 e. The third-order valence-electron chi connectivity index (χ3n) is 8.88. The molecule has 0 aromatic heterocycles. The quantitative estimate of drug-likeness (QED) is 0.308. The Kier molecular flexibility index (Phi) is 7.87. The van der Waals surface area contributed by atoms with Crippen LogP contribution in [0.4, 0.5) is 21.5 Å². The first-order valence-corrected chi connectivity index (χ1v) is 15.3. The second-order valence-electron chi connectivity index (χ2n) is 11.4. The van der Waals surface area contributed by atoms with Gasteiger partial charge in [-0.3, -0.25) is 9.59 Å². The van der Waals surface area contributed by atoms with E-state index in [0.717, 1.165) is 48.3 Å². The van der Waals surface area contributed by atoms with Gasteiger partial charge in [0.25, 0.3) is 0 Å². The molecule has 0 aliphatic carbocycles. The molecule has 3 unspecified atom stereocenters. The molecule has 0 saturated carbocycles. The molecule has 3 atom stereocenters. The summed E-state index contributed by atoms with van der Waals surface area (Å²) in [6, 6.07) is 16.2. The molecule has 9 heteroatoms. The predicted octanol–water partition coefficient (Wildman–Crippen LogP) is 6.80. The maximum Gasteiger partial charge on any atom is 0.232 e. The van der Waals surface area contributed by atoms with Crippen LogP contribution in [0.25, 0.3) is 0 Å². The number of halogens is 2. The summed E-state index contributed by atoms with van der Waals surface area (Å²) >= 11 is 3.36. The molecule has 6 rings (SSSR count). The predicted molar refractivity (Wildman–Crippen MR) is 165 cm³/mol. The third kappa shape index (κ3) is 5.02. The summed E-state index contributed by atoms with van der Waals surface area (Å²) < 4.78 is 26.5. The third-order valence-corrected chi connectivity index (χ3v) is 9.49. The standard InChI is InChI=1S/C33H35BrFN3O4/c1-20-7-10-22(11-8-20)38-31(39)14-12-24(32(38)21-9-13-29(41-2)30(16-21)42-3)33(40)37-19-23-6-4-5-15-36(23)27-17-25(34)26(35)18-28(27)37/h7-11,13,16-18,23-24,32H,4-6,12,14-15,19H2,1-3H3. The van der Waals surface area contributed by atoms with Crippen LogP contribution in [0, 0.1) is 18.7 Å². The molecule has 2 amide bonds. The van der Waals surface area contributed by atoms with Crippen LogP contribution in [0.15, 0.2) is 59.1 Å². The monoisotopic (exact) mass is 635 g/mol. The molecule has 7 nitrogen and oxygen atoms in total. The van der Waals surface area contributed by atoms with Crippen LogP contribution in [0.3, 0.4) is 0 Å². The maximum absolute atomic E-state index is 15.0. The number of fused-ring (bicyclic) bond motifs is 3. The summed E-state index contributed by atoms with van der Waals surface area (Å²) in [5, 5.41) is 0. The Labute approximate surface area is 254 Å². The molecule has 2 saturated heterocycles. The van der Waals surface area contributed by atoms with Crippen LogP contribution < -0.4 is 24.2 Å². The number of anilines is 3. The number of benzene rings is 3. The normalized spacial score (nSPS) is 22.0. The van der Waals surface area contributed by atoms with Gasteiger partial charge in [-0.25, -0.2) is 4.39 Å². The Morgan fingerprint density at radius 1 is 0.952 bits per heavy atom. The van der Waals surface area contributed by atoms with Crippen molar-refractivity contribution in [2.24, 2.45) is 5.92 Å². The van der Waals surface area contributed by atoms with E-state index in [2.05, 4.69) is 20.8 Å². The minimum absolute atomic E-state index is 0.0461. The van der Waals surface area contributed by atoms with E-state index in [-0.39, 0.29) is 24.3 Å². The fraction of sp³-hybridized carbons (Fsp3) is 0.394. The van der Waals surface area contributed by atoms with Crippen LogP contribution in [0.1, 0.15) is 49.3 Å². The number of ether oxygens (including phenoxy) is 2. The number of hydrogen-bond donors (Lipinski definition) is 0. The van der Waals surface area contributed by atoms with Gasteiger partial charge < -0.3 is 24.2 Å². The molecule has 0 bridgehead atoms. The highest BCUT2D eigenvalue weighted by atomic mass is 79.9. The molecule has 3 aromatic carbocycles. The topological polar surface area (TPSA) is 62.3 Å². The lowest BCUT2D eigenvalue weighted by Gasteiger charge is -2.48. The van der Waals surface area contributed by atoms with Gasteiger partial charge in [-0.2, -0.15) is 0 Å². The second kappa shape index (κ2) is 11.6. The van der Waals surface area contributed by atoms with Crippen molar-refractivity contribution in [3.05, 3.63) is 76.0 Å². The number of aryl methyl sites for hydroxylation is 1. The summed E-state index contributed by atoms with van der Waals surface area (Å²) in [6.07, 6.45) is 3.75. The van der Waals surface area contributed by atoms with Gasteiger partial charge in [-0.15, -0.1) is 0 Å². The SMILES string of the molecule is COc1ccc(C2C(C(=O)N3CC4CCCCN4c4cc(Br)c(F)cc43)CCC(=O)N2c2ccc(C)cc2)cc1OC. The molecule has 3 aliphatic heterocycles. The number of carbonyl (C=O) groups excluding carboxylic acids is 2.